The fourth-order valence-corrected chi connectivity index (χ4v) is 2.49. The van der Waals surface area contributed by atoms with Gasteiger partial charge in [0.1, 0.15) is 5.82 Å². The van der Waals surface area contributed by atoms with Crippen molar-refractivity contribution in [2.75, 3.05) is 6.54 Å². The zero-order chi connectivity index (χ0) is 15.0. The number of nitrogens with zero attached hydrogens (tertiary/aromatic N) is 4. The van der Waals surface area contributed by atoms with Gasteiger partial charge in [-0.3, -0.25) is 13.9 Å². The Bertz CT molecular complexity index is 753. The summed E-state index contributed by atoms with van der Waals surface area (Å²) >= 11 is 0. The van der Waals surface area contributed by atoms with Crippen LogP contribution >= 0.6 is 0 Å². The minimum atomic E-state index is -0.335. The molecule has 7 heteroatoms. The lowest BCUT2D eigenvalue weighted by molar-refractivity contribution is 0.545. The Hall–Kier alpha value is -1.89. The molecule has 0 fully saturated rings. The topological polar surface area (TPSA) is 87.8 Å². The molecule has 7 nitrogen and oxygen atoms in total. The lowest BCUT2D eigenvalue weighted by atomic mass is 10.3. The van der Waals surface area contributed by atoms with Crippen molar-refractivity contribution in [2.45, 2.75) is 39.8 Å². The van der Waals surface area contributed by atoms with Gasteiger partial charge >= 0.3 is 5.69 Å². The largest absolute Gasteiger partial charge is 0.332 e. The normalized spacial score (nSPS) is 13.1. The minimum absolute atomic E-state index is 0.0366. The van der Waals surface area contributed by atoms with Crippen molar-refractivity contribution in [1.82, 2.24) is 18.7 Å². The predicted molar refractivity (Wildman–Crippen MR) is 78.1 cm³/mol. The summed E-state index contributed by atoms with van der Waals surface area (Å²) in [5.74, 6) is 0.777. The third-order valence-electron chi connectivity index (χ3n) is 3.66. The molecule has 0 aliphatic heterocycles. The van der Waals surface area contributed by atoms with E-state index in [0.717, 1.165) is 5.82 Å². The van der Waals surface area contributed by atoms with E-state index in [1.807, 2.05) is 18.4 Å². The minimum Gasteiger partial charge on any atom is -0.328 e. The van der Waals surface area contributed by atoms with Crippen molar-refractivity contribution in [1.29, 1.82) is 0 Å². The summed E-state index contributed by atoms with van der Waals surface area (Å²) in [6.07, 6.45) is 0.679. The van der Waals surface area contributed by atoms with Crippen LogP contribution in [0.2, 0.25) is 0 Å². The van der Waals surface area contributed by atoms with E-state index in [2.05, 4.69) is 4.98 Å². The molecule has 2 rings (SSSR count). The Kier molecular flexibility index (Phi) is 3.80. The van der Waals surface area contributed by atoms with E-state index in [4.69, 9.17) is 5.73 Å². The highest BCUT2D eigenvalue weighted by Gasteiger charge is 2.21. The second-order valence-electron chi connectivity index (χ2n) is 4.90. The highest BCUT2D eigenvalue weighted by Crippen LogP contribution is 2.17. The predicted octanol–water partition coefficient (Wildman–Crippen LogP) is -0.00130. The molecule has 0 aliphatic carbocycles. The van der Waals surface area contributed by atoms with Gasteiger partial charge in [0.15, 0.2) is 11.2 Å². The van der Waals surface area contributed by atoms with Crippen LogP contribution in [0.1, 0.15) is 32.6 Å². The number of hydrogen-bond donors (Lipinski definition) is 1. The SMILES string of the molecule is CCc1nc2c(c(=O)n(CC)c(=O)n2C)n1C(C)CN. The second kappa shape index (κ2) is 5.24. The Morgan fingerprint density at radius 2 is 1.95 bits per heavy atom. The van der Waals surface area contributed by atoms with E-state index in [-0.39, 0.29) is 17.3 Å². The van der Waals surface area contributed by atoms with Crippen LogP contribution in [0.15, 0.2) is 9.59 Å². The van der Waals surface area contributed by atoms with E-state index in [9.17, 15) is 9.59 Å². The lowest BCUT2D eigenvalue weighted by Crippen LogP contribution is -2.39. The molecule has 1 atom stereocenters. The summed E-state index contributed by atoms with van der Waals surface area (Å²) in [5.41, 5.74) is 6.01. The van der Waals surface area contributed by atoms with E-state index in [1.54, 1.807) is 14.0 Å². The van der Waals surface area contributed by atoms with Gasteiger partial charge in [0.2, 0.25) is 0 Å². The maximum absolute atomic E-state index is 12.6. The van der Waals surface area contributed by atoms with Crippen molar-refractivity contribution >= 4 is 11.2 Å². The van der Waals surface area contributed by atoms with E-state index < -0.39 is 0 Å². The molecule has 0 saturated heterocycles. The van der Waals surface area contributed by atoms with Gasteiger partial charge < -0.3 is 10.3 Å². The molecule has 2 N–H and O–H groups in total. The summed E-state index contributed by atoms with van der Waals surface area (Å²) in [6, 6.07) is -0.0366. The molecule has 0 aliphatic rings. The van der Waals surface area contributed by atoms with Crippen molar-refractivity contribution < 1.29 is 0 Å². The Morgan fingerprint density at radius 3 is 2.45 bits per heavy atom. The first-order valence-electron chi connectivity index (χ1n) is 6.88. The Labute approximate surface area is 116 Å². The summed E-state index contributed by atoms with van der Waals surface area (Å²) in [5, 5.41) is 0. The van der Waals surface area contributed by atoms with Crippen LogP contribution in [0.4, 0.5) is 0 Å². The van der Waals surface area contributed by atoms with Gasteiger partial charge in [0, 0.05) is 32.6 Å². The van der Waals surface area contributed by atoms with E-state index in [1.165, 1.54) is 9.13 Å². The lowest BCUT2D eigenvalue weighted by Gasteiger charge is -2.15. The molecular weight excluding hydrogens is 258 g/mol. The van der Waals surface area contributed by atoms with Crippen molar-refractivity contribution in [2.24, 2.45) is 12.8 Å². The van der Waals surface area contributed by atoms with Crippen LogP contribution in [0, 0.1) is 0 Å². The zero-order valence-electron chi connectivity index (χ0n) is 12.4. The first-order valence-corrected chi connectivity index (χ1v) is 6.88. The van der Waals surface area contributed by atoms with Crippen LogP contribution in [-0.4, -0.2) is 25.2 Å². The van der Waals surface area contributed by atoms with E-state index in [0.29, 0.717) is 30.7 Å². The van der Waals surface area contributed by atoms with Crippen LogP contribution < -0.4 is 17.0 Å². The highest BCUT2D eigenvalue weighted by atomic mass is 16.2. The van der Waals surface area contributed by atoms with Crippen molar-refractivity contribution in [3.8, 4) is 0 Å². The first kappa shape index (κ1) is 14.5. The number of rotatable bonds is 4. The molecular formula is C13H21N5O2. The van der Waals surface area contributed by atoms with Gasteiger partial charge in [-0.2, -0.15) is 0 Å². The van der Waals surface area contributed by atoms with Crippen LogP contribution in [0.5, 0.6) is 0 Å². The smallest absolute Gasteiger partial charge is 0.328 e. The number of hydrogen-bond acceptors (Lipinski definition) is 4. The molecule has 1 unspecified atom stereocenters. The Morgan fingerprint density at radius 1 is 1.30 bits per heavy atom. The zero-order valence-corrected chi connectivity index (χ0v) is 12.4. The number of imidazole rings is 1. The van der Waals surface area contributed by atoms with Gasteiger partial charge in [-0.1, -0.05) is 6.92 Å². The van der Waals surface area contributed by atoms with Gasteiger partial charge in [0.25, 0.3) is 5.56 Å². The quantitative estimate of drug-likeness (QED) is 0.853. The second-order valence-corrected chi connectivity index (χ2v) is 4.90. The third kappa shape index (κ3) is 1.89. The molecule has 2 aromatic rings. The molecule has 110 valence electrons. The van der Waals surface area contributed by atoms with Gasteiger partial charge in [-0.15, -0.1) is 0 Å². The molecule has 0 aromatic carbocycles. The summed E-state index contributed by atoms with van der Waals surface area (Å²) in [7, 11) is 1.64. The van der Waals surface area contributed by atoms with E-state index >= 15 is 0 Å². The van der Waals surface area contributed by atoms with Crippen LogP contribution in [0.3, 0.4) is 0 Å². The van der Waals surface area contributed by atoms with Crippen LogP contribution in [-0.2, 0) is 20.0 Å². The molecule has 0 saturated carbocycles. The average molecular weight is 279 g/mol. The molecule has 2 aromatic heterocycles. The average Bonchev–Trinajstić information content (AvgIpc) is 2.84. The number of nitrogens with two attached hydrogens (primary N) is 1. The fourth-order valence-electron chi connectivity index (χ4n) is 2.49. The summed E-state index contributed by atoms with van der Waals surface area (Å²) in [6.45, 7) is 6.44. The number of aromatic nitrogens is 4. The number of fused-ring (bicyclic) bond motifs is 1. The highest BCUT2D eigenvalue weighted by molar-refractivity contribution is 5.71. The molecule has 0 spiro atoms. The summed E-state index contributed by atoms with van der Waals surface area (Å²) in [4.78, 5) is 29.1. The molecule has 20 heavy (non-hydrogen) atoms. The van der Waals surface area contributed by atoms with Crippen molar-refractivity contribution in [3.05, 3.63) is 26.7 Å². The maximum atomic E-state index is 12.6. The van der Waals surface area contributed by atoms with Crippen LogP contribution in [0.25, 0.3) is 11.2 Å². The molecule has 0 amide bonds. The molecule has 2 heterocycles. The maximum Gasteiger partial charge on any atom is 0.332 e. The third-order valence-corrected chi connectivity index (χ3v) is 3.66. The van der Waals surface area contributed by atoms with Gasteiger partial charge in [-0.25, -0.2) is 9.78 Å². The molecule has 0 bridgehead atoms. The first-order chi connectivity index (χ1) is 9.47. The summed E-state index contributed by atoms with van der Waals surface area (Å²) < 4.78 is 4.52. The fraction of sp³-hybridized carbons (Fsp3) is 0.615. The van der Waals surface area contributed by atoms with Crippen molar-refractivity contribution in [3.63, 3.8) is 0 Å². The monoisotopic (exact) mass is 279 g/mol. The number of aryl methyl sites for hydroxylation is 2. The Balaban J connectivity index is 3.03. The van der Waals surface area contributed by atoms with Gasteiger partial charge in [-0.05, 0) is 13.8 Å². The molecule has 0 radical (unpaired) electrons. The standard InChI is InChI=1S/C13H21N5O2/c1-5-9-15-11-10(18(9)8(3)7-14)12(19)17(6-2)13(20)16(11)4/h8H,5-7,14H2,1-4H3. The van der Waals surface area contributed by atoms with Gasteiger partial charge in [0.05, 0.1) is 0 Å².